The highest BCUT2D eigenvalue weighted by molar-refractivity contribution is 7.80. The van der Waals surface area contributed by atoms with Crippen molar-refractivity contribution >= 4 is 46.3 Å². The third-order valence-electron chi connectivity index (χ3n) is 2.86. The molecule has 0 fully saturated rings. The molecule has 0 bridgehead atoms. The minimum atomic E-state index is -0.753. The molecule has 9 heteroatoms. The normalized spacial score (nSPS) is 12.2. The fraction of sp³-hybridized carbons (Fsp3) is 0.429. The summed E-state index contributed by atoms with van der Waals surface area (Å²) in [5, 5.41) is 9.05. The van der Waals surface area contributed by atoms with Crippen LogP contribution in [0.2, 0.25) is 0 Å². The van der Waals surface area contributed by atoms with E-state index in [1.165, 1.54) is 14.2 Å². The molecule has 0 saturated carbocycles. The van der Waals surface area contributed by atoms with Crippen LogP contribution in [0.1, 0.15) is 24.6 Å². The molecule has 1 unspecified atom stereocenters. The molecule has 0 saturated heterocycles. The number of thiocarbonyl (C=S) groups is 1. The summed E-state index contributed by atoms with van der Waals surface area (Å²) in [6.07, 6.45) is 0.276. The van der Waals surface area contributed by atoms with E-state index in [0.717, 1.165) is 10.6 Å². The van der Waals surface area contributed by atoms with Gasteiger partial charge in [-0.2, -0.15) is 5.10 Å². The molecule has 1 rings (SSSR count). The number of carbonyl (C=O) groups is 2. The van der Waals surface area contributed by atoms with Gasteiger partial charge in [-0.1, -0.05) is 6.07 Å². The van der Waals surface area contributed by atoms with Crippen LogP contribution in [-0.2, 0) is 19.1 Å². The summed E-state index contributed by atoms with van der Waals surface area (Å²) in [5.41, 5.74) is 3.44. The van der Waals surface area contributed by atoms with Crippen molar-refractivity contribution in [3.63, 3.8) is 0 Å². The second-order valence-electron chi connectivity index (χ2n) is 4.45. The van der Waals surface area contributed by atoms with Crippen molar-refractivity contribution in [1.82, 2.24) is 10.7 Å². The highest BCUT2D eigenvalue weighted by atomic mass is 32.1. The average Bonchev–Trinajstić information content (AvgIpc) is 3.09. The molecule has 0 radical (unpaired) electrons. The molecule has 0 amide bonds. The number of methoxy groups -OCH3 is 2. The number of hydrogen-bond donors (Lipinski definition) is 2. The summed E-state index contributed by atoms with van der Waals surface area (Å²) in [7, 11) is 2.56. The minimum absolute atomic E-state index is 0.0728. The van der Waals surface area contributed by atoms with Gasteiger partial charge in [0.25, 0.3) is 0 Å². The molecule has 1 atom stereocenters. The van der Waals surface area contributed by atoms with Gasteiger partial charge in [-0.25, -0.2) is 4.79 Å². The smallest absolute Gasteiger partial charge is 0.328 e. The molecule has 23 heavy (non-hydrogen) atoms. The number of esters is 2. The second-order valence-corrected chi connectivity index (χ2v) is 5.81. The maximum atomic E-state index is 11.7. The van der Waals surface area contributed by atoms with Gasteiger partial charge in [0.1, 0.15) is 6.04 Å². The highest BCUT2D eigenvalue weighted by Crippen LogP contribution is 2.09. The van der Waals surface area contributed by atoms with E-state index in [0.29, 0.717) is 0 Å². The Morgan fingerprint density at radius 1 is 1.39 bits per heavy atom. The van der Waals surface area contributed by atoms with Gasteiger partial charge in [-0.15, -0.1) is 11.3 Å². The summed E-state index contributed by atoms with van der Waals surface area (Å²) < 4.78 is 9.24. The van der Waals surface area contributed by atoms with Crippen LogP contribution >= 0.6 is 23.6 Å². The van der Waals surface area contributed by atoms with E-state index >= 15 is 0 Å². The van der Waals surface area contributed by atoms with Gasteiger partial charge >= 0.3 is 11.9 Å². The number of hydrogen-bond acceptors (Lipinski definition) is 7. The van der Waals surface area contributed by atoms with Crippen molar-refractivity contribution in [2.24, 2.45) is 5.10 Å². The average molecular weight is 357 g/mol. The lowest BCUT2D eigenvalue weighted by Crippen LogP contribution is -2.45. The molecule has 0 aliphatic carbocycles. The lowest BCUT2D eigenvalue weighted by Gasteiger charge is -2.17. The number of ether oxygens (including phenoxy) is 2. The summed E-state index contributed by atoms with van der Waals surface area (Å²) >= 11 is 6.66. The van der Waals surface area contributed by atoms with Crippen LogP contribution in [0, 0.1) is 0 Å². The number of carbonyl (C=O) groups excluding carboxylic acids is 2. The van der Waals surface area contributed by atoms with Crippen LogP contribution in [0.4, 0.5) is 0 Å². The van der Waals surface area contributed by atoms with Gasteiger partial charge in [0.15, 0.2) is 5.11 Å². The minimum Gasteiger partial charge on any atom is -0.469 e. The lowest BCUT2D eigenvalue weighted by molar-refractivity contribution is -0.144. The first-order valence-corrected chi connectivity index (χ1v) is 8.06. The molecule has 126 valence electrons. The molecular weight excluding hydrogens is 338 g/mol. The number of nitrogens with one attached hydrogen (secondary N) is 2. The number of nitrogens with zero attached hydrogens (tertiary/aromatic N) is 1. The van der Waals surface area contributed by atoms with E-state index in [4.69, 9.17) is 12.2 Å². The Morgan fingerprint density at radius 2 is 2.13 bits per heavy atom. The molecule has 2 N–H and O–H groups in total. The van der Waals surface area contributed by atoms with Crippen LogP contribution in [0.25, 0.3) is 0 Å². The molecule has 0 spiro atoms. The first-order chi connectivity index (χ1) is 11.0. The maximum Gasteiger partial charge on any atom is 0.328 e. The van der Waals surface area contributed by atoms with Crippen molar-refractivity contribution in [3.05, 3.63) is 22.4 Å². The Bertz CT molecular complexity index is 573. The zero-order chi connectivity index (χ0) is 17.2. The van der Waals surface area contributed by atoms with E-state index < -0.39 is 18.0 Å². The third kappa shape index (κ3) is 6.74. The van der Waals surface area contributed by atoms with Crippen molar-refractivity contribution in [3.8, 4) is 0 Å². The summed E-state index contributed by atoms with van der Waals surface area (Å²) in [4.78, 5) is 23.9. The molecule has 1 heterocycles. The van der Waals surface area contributed by atoms with Crippen molar-refractivity contribution in [1.29, 1.82) is 0 Å². The molecule has 1 aromatic heterocycles. The Balaban J connectivity index is 2.57. The first kappa shape index (κ1) is 19.0. The number of rotatable bonds is 7. The number of hydrazone groups is 1. The fourth-order valence-electron chi connectivity index (χ4n) is 1.62. The molecule has 0 aromatic carbocycles. The first-order valence-electron chi connectivity index (χ1n) is 6.77. The number of thiophene rings is 1. The molecule has 7 nitrogen and oxygen atoms in total. The van der Waals surface area contributed by atoms with E-state index in [2.05, 4.69) is 25.3 Å². The van der Waals surface area contributed by atoms with Gasteiger partial charge in [0.2, 0.25) is 0 Å². The van der Waals surface area contributed by atoms with Crippen LogP contribution < -0.4 is 10.7 Å². The largest absolute Gasteiger partial charge is 0.469 e. The van der Waals surface area contributed by atoms with Crippen molar-refractivity contribution < 1.29 is 19.1 Å². The molecule has 0 aliphatic rings. The molecule has 1 aromatic rings. The lowest BCUT2D eigenvalue weighted by atomic mass is 10.1. The molecule has 0 aliphatic heterocycles. The summed E-state index contributed by atoms with van der Waals surface area (Å²) in [6.45, 7) is 1.84. The van der Waals surface area contributed by atoms with E-state index in [9.17, 15) is 9.59 Å². The standard InChI is InChI=1S/C14H19N3O4S2/c1-9(11-5-4-8-23-11)16-17-14(22)15-10(13(19)21-3)6-7-12(18)20-2/h4-5,8,10H,6-7H2,1-3H3,(H2,15,17,22). The van der Waals surface area contributed by atoms with Crippen LogP contribution in [0.5, 0.6) is 0 Å². The van der Waals surface area contributed by atoms with E-state index in [1.54, 1.807) is 11.3 Å². The van der Waals surface area contributed by atoms with Crippen molar-refractivity contribution in [2.75, 3.05) is 14.2 Å². The second kappa shape index (κ2) is 9.90. The van der Waals surface area contributed by atoms with E-state index in [-0.39, 0.29) is 18.0 Å². The SMILES string of the molecule is COC(=O)CCC(NC(=S)NN=C(C)c1cccs1)C(=O)OC. The monoisotopic (exact) mass is 357 g/mol. The topological polar surface area (TPSA) is 89.0 Å². The zero-order valence-corrected chi connectivity index (χ0v) is 14.8. The summed E-state index contributed by atoms with van der Waals surface area (Å²) in [6, 6.07) is 3.11. The Hall–Kier alpha value is -2.00. The van der Waals surface area contributed by atoms with Crippen LogP contribution in [0.3, 0.4) is 0 Å². The van der Waals surface area contributed by atoms with Gasteiger partial charge in [0, 0.05) is 11.3 Å². The van der Waals surface area contributed by atoms with Crippen LogP contribution in [-0.4, -0.2) is 43.0 Å². The van der Waals surface area contributed by atoms with Crippen molar-refractivity contribution in [2.45, 2.75) is 25.8 Å². The van der Waals surface area contributed by atoms with Gasteiger partial charge in [-0.3, -0.25) is 10.2 Å². The highest BCUT2D eigenvalue weighted by Gasteiger charge is 2.21. The summed E-state index contributed by atoms with van der Waals surface area (Å²) in [5.74, 6) is -0.928. The quantitative estimate of drug-likeness (QED) is 0.330. The Labute approximate surface area is 144 Å². The van der Waals surface area contributed by atoms with Gasteiger partial charge < -0.3 is 14.8 Å². The molecular formula is C14H19N3O4S2. The predicted octanol–water partition coefficient (Wildman–Crippen LogP) is 1.43. The third-order valence-corrected chi connectivity index (χ3v) is 4.05. The predicted molar refractivity (Wildman–Crippen MR) is 92.5 cm³/mol. The fourth-order valence-corrected chi connectivity index (χ4v) is 2.49. The van der Waals surface area contributed by atoms with Crippen LogP contribution in [0.15, 0.2) is 22.6 Å². The van der Waals surface area contributed by atoms with Gasteiger partial charge in [0.05, 0.1) is 19.9 Å². The Kier molecular flexibility index (Phi) is 8.20. The zero-order valence-electron chi connectivity index (χ0n) is 13.1. The van der Waals surface area contributed by atoms with E-state index in [1.807, 2.05) is 24.4 Å². The van der Waals surface area contributed by atoms with Gasteiger partial charge in [-0.05, 0) is 37.0 Å². The maximum absolute atomic E-state index is 11.7. The Morgan fingerprint density at radius 3 is 2.70 bits per heavy atom.